The van der Waals surface area contributed by atoms with Crippen molar-refractivity contribution < 1.29 is 0 Å². The Morgan fingerprint density at radius 2 is 1.75 bits per heavy atom. The second-order valence-corrected chi connectivity index (χ2v) is 7.09. The molecule has 3 aromatic rings. The second-order valence-electron chi connectivity index (χ2n) is 5.01. The van der Waals surface area contributed by atoms with Crippen LogP contribution in [0.3, 0.4) is 0 Å². The summed E-state index contributed by atoms with van der Waals surface area (Å²) >= 11 is 20.0. The molecule has 2 heterocycles. The van der Waals surface area contributed by atoms with E-state index in [1.807, 2.05) is 35.7 Å². The Morgan fingerprint density at radius 1 is 0.917 bits per heavy atom. The Balaban J connectivity index is 1.76. The number of fused-ring (bicyclic) bond motifs is 1. The van der Waals surface area contributed by atoms with Crippen LogP contribution in [0.5, 0.6) is 0 Å². The van der Waals surface area contributed by atoms with Crippen LogP contribution < -0.4 is 5.43 Å². The molecule has 1 aromatic heterocycles. The van der Waals surface area contributed by atoms with Gasteiger partial charge in [0.25, 0.3) is 0 Å². The molecular formula is C16H9Cl3N4S. The Kier molecular flexibility index (Phi) is 4.18. The largest absolute Gasteiger partial charge is 0.289 e. The van der Waals surface area contributed by atoms with Crippen LogP contribution in [0, 0.1) is 0 Å². The standard InChI is InChI=1S/C16H9Cl3N4S/c17-9-5-6-11(13(19)7-9)15-20-21-16-23(15)22-14(8-24-16)10-3-1-2-4-12(10)18/h1-8,22H. The lowest BCUT2D eigenvalue weighted by atomic mass is 10.2. The topological polar surface area (TPSA) is 42.7 Å². The van der Waals surface area contributed by atoms with E-state index in [1.165, 1.54) is 11.8 Å². The summed E-state index contributed by atoms with van der Waals surface area (Å²) < 4.78 is 1.79. The molecule has 0 unspecified atom stereocenters. The zero-order chi connectivity index (χ0) is 16.7. The fourth-order valence-corrected chi connectivity index (χ4v) is 3.81. The molecule has 24 heavy (non-hydrogen) atoms. The van der Waals surface area contributed by atoms with Crippen molar-refractivity contribution in [3.05, 3.63) is 68.5 Å². The molecular weight excluding hydrogens is 387 g/mol. The molecule has 2 aromatic carbocycles. The lowest BCUT2D eigenvalue weighted by Gasteiger charge is -2.20. The van der Waals surface area contributed by atoms with Crippen LogP contribution in [0.1, 0.15) is 5.56 Å². The zero-order valence-corrected chi connectivity index (χ0v) is 15.1. The Hall–Kier alpha value is -1.66. The molecule has 4 nitrogen and oxygen atoms in total. The van der Waals surface area contributed by atoms with Crippen molar-refractivity contribution in [2.24, 2.45) is 0 Å². The molecule has 120 valence electrons. The number of benzene rings is 2. The summed E-state index contributed by atoms with van der Waals surface area (Å²) in [7, 11) is 0. The maximum atomic E-state index is 6.31. The van der Waals surface area contributed by atoms with Crippen molar-refractivity contribution in [1.29, 1.82) is 0 Å². The van der Waals surface area contributed by atoms with Gasteiger partial charge in [-0.25, -0.2) is 4.68 Å². The van der Waals surface area contributed by atoms with Gasteiger partial charge in [0.15, 0.2) is 5.82 Å². The van der Waals surface area contributed by atoms with E-state index in [0.29, 0.717) is 26.0 Å². The quantitative estimate of drug-likeness (QED) is 0.617. The molecule has 0 radical (unpaired) electrons. The average Bonchev–Trinajstić information content (AvgIpc) is 2.98. The summed E-state index contributed by atoms with van der Waals surface area (Å²) in [6.45, 7) is 0. The first-order valence-electron chi connectivity index (χ1n) is 6.93. The summed E-state index contributed by atoms with van der Waals surface area (Å²) in [5.74, 6) is 0.608. The van der Waals surface area contributed by atoms with Crippen molar-refractivity contribution in [1.82, 2.24) is 14.9 Å². The lowest BCUT2D eigenvalue weighted by Crippen LogP contribution is -2.18. The predicted molar refractivity (Wildman–Crippen MR) is 100 cm³/mol. The molecule has 0 atom stereocenters. The summed E-state index contributed by atoms with van der Waals surface area (Å²) in [6.07, 6.45) is 0. The van der Waals surface area contributed by atoms with E-state index in [2.05, 4.69) is 15.6 Å². The highest BCUT2D eigenvalue weighted by molar-refractivity contribution is 8.02. The first kappa shape index (κ1) is 15.8. The molecule has 1 aliphatic heterocycles. The van der Waals surface area contributed by atoms with Gasteiger partial charge in [-0.05, 0) is 24.3 Å². The Labute approximate surface area is 157 Å². The molecule has 8 heteroatoms. The normalized spacial score (nSPS) is 13.2. The van der Waals surface area contributed by atoms with E-state index >= 15 is 0 Å². The van der Waals surface area contributed by atoms with Gasteiger partial charge >= 0.3 is 0 Å². The van der Waals surface area contributed by atoms with Gasteiger partial charge in [-0.2, -0.15) is 0 Å². The molecule has 0 aliphatic carbocycles. The highest BCUT2D eigenvalue weighted by Crippen LogP contribution is 2.35. The van der Waals surface area contributed by atoms with Gasteiger partial charge < -0.3 is 0 Å². The molecule has 0 fully saturated rings. The average molecular weight is 396 g/mol. The third kappa shape index (κ3) is 2.78. The molecule has 4 rings (SSSR count). The minimum atomic E-state index is 0.512. The number of thioether (sulfide) groups is 1. The number of hydrogen-bond donors (Lipinski definition) is 1. The van der Waals surface area contributed by atoms with E-state index < -0.39 is 0 Å². The molecule has 0 spiro atoms. The summed E-state index contributed by atoms with van der Waals surface area (Å²) in [6, 6.07) is 12.9. The van der Waals surface area contributed by atoms with Crippen LogP contribution in [0.25, 0.3) is 17.1 Å². The smallest absolute Gasteiger partial charge is 0.214 e. The van der Waals surface area contributed by atoms with Gasteiger partial charge in [-0.3, -0.25) is 5.43 Å². The minimum absolute atomic E-state index is 0.512. The highest BCUT2D eigenvalue weighted by Gasteiger charge is 2.21. The zero-order valence-electron chi connectivity index (χ0n) is 12.0. The predicted octanol–water partition coefficient (Wildman–Crippen LogP) is 5.55. The molecule has 0 bridgehead atoms. The van der Waals surface area contributed by atoms with Crippen molar-refractivity contribution in [2.75, 3.05) is 5.43 Å². The van der Waals surface area contributed by atoms with E-state index in [-0.39, 0.29) is 0 Å². The van der Waals surface area contributed by atoms with E-state index in [4.69, 9.17) is 34.8 Å². The fourth-order valence-electron chi connectivity index (χ4n) is 2.35. The van der Waals surface area contributed by atoms with Crippen molar-refractivity contribution in [3.8, 4) is 11.4 Å². The SMILES string of the molecule is Clc1ccc(-c2nnc3n2NC(c2ccccc2Cl)=CS3)c(Cl)c1. The summed E-state index contributed by atoms with van der Waals surface area (Å²) in [5, 5.41) is 12.9. The van der Waals surface area contributed by atoms with E-state index in [0.717, 1.165) is 16.8 Å². The van der Waals surface area contributed by atoms with Crippen molar-refractivity contribution in [3.63, 3.8) is 0 Å². The van der Waals surface area contributed by atoms with E-state index in [1.54, 1.807) is 16.8 Å². The van der Waals surface area contributed by atoms with Gasteiger partial charge in [-0.15, -0.1) is 10.2 Å². The van der Waals surface area contributed by atoms with Crippen LogP contribution in [0.15, 0.2) is 53.0 Å². The van der Waals surface area contributed by atoms with Gasteiger partial charge in [-0.1, -0.05) is 64.8 Å². The van der Waals surface area contributed by atoms with Crippen LogP contribution in [0.2, 0.25) is 15.1 Å². The number of rotatable bonds is 2. The first-order valence-corrected chi connectivity index (χ1v) is 8.94. The summed E-state index contributed by atoms with van der Waals surface area (Å²) in [4.78, 5) is 0. The van der Waals surface area contributed by atoms with Crippen LogP contribution in [-0.4, -0.2) is 14.9 Å². The molecule has 1 N–H and O–H groups in total. The third-order valence-electron chi connectivity index (χ3n) is 3.48. The summed E-state index contributed by atoms with van der Waals surface area (Å²) in [5.41, 5.74) is 5.81. The van der Waals surface area contributed by atoms with Gasteiger partial charge in [0, 0.05) is 26.6 Å². The lowest BCUT2D eigenvalue weighted by molar-refractivity contribution is 0.826. The Bertz CT molecular complexity index is 968. The molecule has 0 saturated carbocycles. The van der Waals surface area contributed by atoms with E-state index in [9.17, 15) is 0 Å². The van der Waals surface area contributed by atoms with Crippen LogP contribution >= 0.6 is 46.6 Å². The van der Waals surface area contributed by atoms with Crippen LogP contribution in [-0.2, 0) is 0 Å². The van der Waals surface area contributed by atoms with Gasteiger partial charge in [0.05, 0.1) is 10.7 Å². The first-order chi connectivity index (χ1) is 11.6. The number of nitrogens with one attached hydrogen (secondary N) is 1. The maximum absolute atomic E-state index is 6.31. The highest BCUT2D eigenvalue weighted by atomic mass is 35.5. The maximum Gasteiger partial charge on any atom is 0.214 e. The molecule has 1 aliphatic rings. The number of hydrogen-bond acceptors (Lipinski definition) is 4. The number of aromatic nitrogens is 3. The molecule has 0 amide bonds. The Morgan fingerprint density at radius 3 is 2.54 bits per heavy atom. The molecule has 0 saturated heterocycles. The fraction of sp³-hybridized carbons (Fsp3) is 0. The van der Waals surface area contributed by atoms with Crippen molar-refractivity contribution in [2.45, 2.75) is 5.16 Å². The van der Waals surface area contributed by atoms with Crippen LogP contribution in [0.4, 0.5) is 0 Å². The third-order valence-corrected chi connectivity index (χ3v) is 5.19. The minimum Gasteiger partial charge on any atom is -0.289 e. The van der Waals surface area contributed by atoms with Gasteiger partial charge in [0.2, 0.25) is 5.16 Å². The second kappa shape index (κ2) is 6.33. The monoisotopic (exact) mass is 394 g/mol. The van der Waals surface area contributed by atoms with Gasteiger partial charge in [0.1, 0.15) is 0 Å². The number of nitrogens with zero attached hydrogens (tertiary/aromatic N) is 3. The van der Waals surface area contributed by atoms with Crippen molar-refractivity contribution >= 4 is 52.3 Å². The number of halogens is 3.